The predicted octanol–water partition coefficient (Wildman–Crippen LogP) is 2.95. The summed E-state index contributed by atoms with van der Waals surface area (Å²) in [5.74, 6) is 1.80. The molecule has 0 aliphatic carbocycles. The number of carboxylic acid groups (broad SMARTS) is 1. The van der Waals surface area contributed by atoms with Gasteiger partial charge in [0.2, 0.25) is 0 Å². The Kier molecular flexibility index (Phi) is 5.24. The van der Waals surface area contributed by atoms with Crippen LogP contribution in [0.15, 0.2) is 48.7 Å². The summed E-state index contributed by atoms with van der Waals surface area (Å²) in [5.41, 5.74) is 3.08. The second kappa shape index (κ2) is 8.14. The van der Waals surface area contributed by atoms with Gasteiger partial charge in [-0.1, -0.05) is 12.1 Å². The molecule has 1 aliphatic heterocycles. The molecule has 3 aromatic rings. The summed E-state index contributed by atoms with van der Waals surface area (Å²) in [6.07, 6.45) is 1.70. The van der Waals surface area contributed by atoms with E-state index in [1.807, 2.05) is 36.4 Å². The molecule has 0 saturated heterocycles. The average molecular weight is 391 g/mol. The van der Waals surface area contributed by atoms with Gasteiger partial charge in [0, 0.05) is 31.9 Å². The summed E-state index contributed by atoms with van der Waals surface area (Å²) in [4.78, 5) is 26.6. The van der Waals surface area contributed by atoms with E-state index in [2.05, 4.69) is 26.3 Å². The summed E-state index contributed by atoms with van der Waals surface area (Å²) in [6, 6.07) is 13.5. The Morgan fingerprint density at radius 3 is 2.79 bits per heavy atom. The van der Waals surface area contributed by atoms with E-state index in [1.165, 1.54) is 11.1 Å². The van der Waals surface area contributed by atoms with Crippen LogP contribution in [-0.2, 0) is 17.9 Å². The molecular formula is C21H21N5O3. The first-order chi connectivity index (χ1) is 14.1. The molecule has 3 heterocycles. The number of aliphatic carboxylic acids is 1. The SMILES string of the molecule is COc1ccc2c(c1)CN(c1cc(NCCC(=O)O)nc(-c3ccccn3)n1)C2. The maximum atomic E-state index is 10.8. The topological polar surface area (TPSA) is 100 Å². The molecule has 8 nitrogen and oxygen atoms in total. The Morgan fingerprint density at radius 1 is 1.17 bits per heavy atom. The van der Waals surface area contributed by atoms with Gasteiger partial charge in [-0.25, -0.2) is 9.97 Å². The number of hydrogen-bond donors (Lipinski definition) is 2. The van der Waals surface area contributed by atoms with Gasteiger partial charge in [0.05, 0.1) is 13.5 Å². The van der Waals surface area contributed by atoms with Gasteiger partial charge >= 0.3 is 5.97 Å². The van der Waals surface area contributed by atoms with Crippen molar-refractivity contribution in [3.05, 3.63) is 59.8 Å². The number of fused-ring (bicyclic) bond motifs is 1. The lowest BCUT2D eigenvalue weighted by atomic mass is 10.1. The molecule has 1 aliphatic rings. The van der Waals surface area contributed by atoms with Crippen molar-refractivity contribution in [2.24, 2.45) is 0 Å². The highest BCUT2D eigenvalue weighted by Gasteiger charge is 2.22. The van der Waals surface area contributed by atoms with Crippen molar-refractivity contribution in [2.75, 3.05) is 23.9 Å². The molecule has 0 unspecified atom stereocenters. The number of nitrogens with one attached hydrogen (secondary N) is 1. The number of nitrogens with zero attached hydrogens (tertiary/aromatic N) is 4. The molecule has 0 radical (unpaired) electrons. The van der Waals surface area contributed by atoms with Crippen molar-refractivity contribution in [1.29, 1.82) is 0 Å². The molecule has 0 spiro atoms. The summed E-state index contributed by atoms with van der Waals surface area (Å²) in [5, 5.41) is 12.0. The lowest BCUT2D eigenvalue weighted by Gasteiger charge is -2.18. The van der Waals surface area contributed by atoms with Crippen molar-refractivity contribution in [2.45, 2.75) is 19.5 Å². The van der Waals surface area contributed by atoms with Crippen LogP contribution < -0.4 is 15.0 Å². The number of ether oxygens (including phenoxy) is 1. The Labute approximate surface area is 168 Å². The smallest absolute Gasteiger partial charge is 0.305 e. The molecule has 2 N–H and O–H groups in total. The minimum atomic E-state index is -0.860. The van der Waals surface area contributed by atoms with Crippen LogP contribution in [0.25, 0.3) is 11.5 Å². The van der Waals surface area contributed by atoms with Crippen LogP contribution in [0.3, 0.4) is 0 Å². The minimum absolute atomic E-state index is 0.00715. The zero-order valence-corrected chi connectivity index (χ0v) is 16.0. The monoisotopic (exact) mass is 391 g/mol. The largest absolute Gasteiger partial charge is 0.497 e. The molecule has 4 rings (SSSR count). The maximum absolute atomic E-state index is 10.8. The maximum Gasteiger partial charge on any atom is 0.305 e. The zero-order chi connectivity index (χ0) is 20.2. The molecule has 0 saturated carbocycles. The van der Waals surface area contributed by atoms with E-state index < -0.39 is 5.97 Å². The molecule has 148 valence electrons. The van der Waals surface area contributed by atoms with Gasteiger partial charge < -0.3 is 20.1 Å². The molecule has 1 aromatic carbocycles. The Hall–Kier alpha value is -3.68. The molecule has 0 fully saturated rings. The lowest BCUT2D eigenvalue weighted by Crippen LogP contribution is -2.18. The third-order valence-corrected chi connectivity index (χ3v) is 4.71. The van der Waals surface area contributed by atoms with Crippen LogP contribution in [0.2, 0.25) is 0 Å². The molecule has 29 heavy (non-hydrogen) atoms. The van der Waals surface area contributed by atoms with Crippen LogP contribution >= 0.6 is 0 Å². The van der Waals surface area contributed by atoms with Crippen LogP contribution in [0.1, 0.15) is 17.5 Å². The fraction of sp³-hybridized carbons (Fsp3) is 0.238. The fourth-order valence-electron chi connectivity index (χ4n) is 3.25. The van der Waals surface area contributed by atoms with Crippen molar-refractivity contribution in [3.63, 3.8) is 0 Å². The van der Waals surface area contributed by atoms with Crippen molar-refractivity contribution in [3.8, 4) is 17.3 Å². The van der Waals surface area contributed by atoms with E-state index >= 15 is 0 Å². The minimum Gasteiger partial charge on any atom is -0.497 e. The van der Waals surface area contributed by atoms with Gasteiger partial charge in [0.25, 0.3) is 0 Å². The van der Waals surface area contributed by atoms with Crippen LogP contribution in [0.5, 0.6) is 5.75 Å². The first-order valence-corrected chi connectivity index (χ1v) is 9.29. The van der Waals surface area contributed by atoms with Crippen molar-refractivity contribution >= 4 is 17.6 Å². The quantitative estimate of drug-likeness (QED) is 0.634. The normalized spacial score (nSPS) is 12.5. The Bertz CT molecular complexity index is 1030. The van der Waals surface area contributed by atoms with Gasteiger partial charge in [-0.15, -0.1) is 0 Å². The number of pyridine rings is 1. The van der Waals surface area contributed by atoms with E-state index in [-0.39, 0.29) is 13.0 Å². The highest BCUT2D eigenvalue weighted by Crippen LogP contribution is 2.31. The highest BCUT2D eigenvalue weighted by molar-refractivity contribution is 5.67. The number of rotatable bonds is 7. The molecule has 2 aromatic heterocycles. The number of carboxylic acids is 1. The second-order valence-electron chi connectivity index (χ2n) is 6.71. The van der Waals surface area contributed by atoms with E-state index in [4.69, 9.17) is 14.8 Å². The fourth-order valence-corrected chi connectivity index (χ4v) is 3.25. The summed E-state index contributed by atoms with van der Waals surface area (Å²) in [6.45, 7) is 1.72. The third kappa shape index (κ3) is 4.26. The van der Waals surface area contributed by atoms with Crippen LogP contribution in [0, 0.1) is 0 Å². The second-order valence-corrected chi connectivity index (χ2v) is 6.71. The average Bonchev–Trinajstić information content (AvgIpc) is 3.17. The zero-order valence-electron chi connectivity index (χ0n) is 16.0. The molecule has 0 amide bonds. The lowest BCUT2D eigenvalue weighted by molar-refractivity contribution is -0.136. The molecule has 8 heteroatoms. The first-order valence-electron chi connectivity index (χ1n) is 9.29. The van der Waals surface area contributed by atoms with Gasteiger partial charge in [0.15, 0.2) is 5.82 Å². The van der Waals surface area contributed by atoms with Crippen molar-refractivity contribution in [1.82, 2.24) is 15.0 Å². The summed E-state index contributed by atoms with van der Waals surface area (Å²) in [7, 11) is 1.66. The molecule has 0 bridgehead atoms. The Balaban J connectivity index is 1.64. The van der Waals surface area contributed by atoms with Gasteiger partial charge in [-0.3, -0.25) is 9.78 Å². The van der Waals surface area contributed by atoms with Gasteiger partial charge in [-0.05, 0) is 35.4 Å². The van der Waals surface area contributed by atoms with E-state index in [0.29, 0.717) is 23.9 Å². The Morgan fingerprint density at radius 2 is 2.03 bits per heavy atom. The van der Waals surface area contributed by atoms with Gasteiger partial charge in [-0.2, -0.15) is 0 Å². The predicted molar refractivity (Wildman–Crippen MR) is 109 cm³/mol. The number of anilines is 2. The van der Waals surface area contributed by atoms with Gasteiger partial charge in [0.1, 0.15) is 23.1 Å². The van der Waals surface area contributed by atoms with Crippen LogP contribution in [-0.4, -0.2) is 39.7 Å². The summed E-state index contributed by atoms with van der Waals surface area (Å²) < 4.78 is 5.33. The first kappa shape index (κ1) is 18.7. The van der Waals surface area contributed by atoms with Crippen LogP contribution in [0.4, 0.5) is 11.6 Å². The highest BCUT2D eigenvalue weighted by atomic mass is 16.5. The molecular weight excluding hydrogens is 370 g/mol. The number of hydrogen-bond acceptors (Lipinski definition) is 7. The number of carbonyl (C=O) groups is 1. The molecule has 0 atom stereocenters. The number of methoxy groups -OCH3 is 1. The third-order valence-electron chi connectivity index (χ3n) is 4.71. The van der Waals surface area contributed by atoms with E-state index in [0.717, 1.165) is 18.1 Å². The standard InChI is InChI=1S/C21H21N5O3/c1-29-16-6-5-14-12-26(13-15(14)10-16)19-11-18(23-9-7-20(27)28)24-21(25-19)17-4-2-3-8-22-17/h2-6,8,10-11H,7,9,12-13H2,1H3,(H,27,28)(H,23,24,25). The number of benzene rings is 1. The number of aromatic nitrogens is 3. The van der Waals surface area contributed by atoms with E-state index in [9.17, 15) is 4.79 Å². The van der Waals surface area contributed by atoms with E-state index in [1.54, 1.807) is 13.3 Å². The summed E-state index contributed by atoms with van der Waals surface area (Å²) >= 11 is 0. The van der Waals surface area contributed by atoms with Crippen molar-refractivity contribution < 1.29 is 14.6 Å².